The highest BCUT2D eigenvalue weighted by molar-refractivity contribution is 7.20. The second kappa shape index (κ2) is 7.89. The third kappa shape index (κ3) is 4.17. The van der Waals surface area contributed by atoms with Gasteiger partial charge >= 0.3 is 0 Å². The Morgan fingerprint density at radius 3 is 2.63 bits per heavy atom. The summed E-state index contributed by atoms with van der Waals surface area (Å²) in [5.41, 5.74) is 1.09. The number of fused-ring (bicyclic) bond motifs is 1. The number of aromatic nitrogens is 2. The molecule has 1 aromatic carbocycles. The van der Waals surface area contributed by atoms with Crippen LogP contribution in [0, 0.1) is 6.92 Å². The Morgan fingerprint density at radius 2 is 2.00 bits per heavy atom. The Kier molecular flexibility index (Phi) is 5.57. The normalized spacial score (nSPS) is 11.1. The van der Waals surface area contributed by atoms with Crippen LogP contribution in [0.15, 0.2) is 29.1 Å². The maximum absolute atomic E-state index is 12.7. The van der Waals surface area contributed by atoms with Gasteiger partial charge in [-0.15, -0.1) is 11.3 Å². The number of benzene rings is 1. The summed E-state index contributed by atoms with van der Waals surface area (Å²) < 4.78 is 5.40. The second-order valence-corrected chi connectivity index (χ2v) is 7.40. The molecule has 2 N–H and O–H groups in total. The van der Waals surface area contributed by atoms with Gasteiger partial charge in [0.2, 0.25) is 0 Å². The van der Waals surface area contributed by atoms with Crippen LogP contribution in [0.3, 0.4) is 0 Å². The molecule has 8 heteroatoms. The average molecular weight is 386 g/mol. The number of amides is 1. The molecule has 0 spiro atoms. The highest BCUT2D eigenvalue weighted by Gasteiger charge is 2.19. The zero-order valence-corrected chi connectivity index (χ0v) is 16.6. The van der Waals surface area contributed by atoms with E-state index in [0.29, 0.717) is 45.3 Å². The van der Waals surface area contributed by atoms with Gasteiger partial charge in [-0.3, -0.25) is 9.59 Å². The van der Waals surface area contributed by atoms with Crippen LogP contribution < -0.4 is 15.6 Å². The van der Waals surface area contributed by atoms with Gasteiger partial charge in [0, 0.05) is 5.69 Å². The van der Waals surface area contributed by atoms with Crippen LogP contribution in [0.25, 0.3) is 10.2 Å². The zero-order chi connectivity index (χ0) is 19.6. The van der Waals surface area contributed by atoms with Crippen molar-refractivity contribution in [2.45, 2.75) is 20.4 Å². The molecule has 2 heterocycles. The number of nitrogens with one attached hydrogen (secondary N) is 2. The van der Waals surface area contributed by atoms with E-state index >= 15 is 0 Å². The highest BCUT2D eigenvalue weighted by Crippen LogP contribution is 2.28. The van der Waals surface area contributed by atoms with Crippen molar-refractivity contribution in [1.82, 2.24) is 14.9 Å². The van der Waals surface area contributed by atoms with Gasteiger partial charge in [-0.1, -0.05) is 0 Å². The van der Waals surface area contributed by atoms with Gasteiger partial charge in [-0.2, -0.15) is 0 Å². The number of H-pyrrole nitrogens is 1. The molecule has 3 rings (SSSR count). The van der Waals surface area contributed by atoms with Crippen molar-refractivity contribution in [2.75, 3.05) is 26.0 Å². The van der Waals surface area contributed by atoms with Crippen LogP contribution in [-0.4, -0.2) is 41.5 Å². The van der Waals surface area contributed by atoms with E-state index in [9.17, 15) is 9.59 Å². The summed E-state index contributed by atoms with van der Waals surface area (Å²) in [5.74, 6) is 1.07. The summed E-state index contributed by atoms with van der Waals surface area (Å²) in [6.45, 7) is 4.80. The van der Waals surface area contributed by atoms with E-state index in [1.54, 1.807) is 31.2 Å². The molecule has 0 saturated heterocycles. The topological polar surface area (TPSA) is 87.3 Å². The van der Waals surface area contributed by atoms with Gasteiger partial charge in [-0.25, -0.2) is 4.98 Å². The van der Waals surface area contributed by atoms with E-state index < -0.39 is 0 Å². The SMILES string of the molecule is CCOc1ccc(NC(=O)c2sc3nc(CN(C)C)[nH]c(=O)c3c2C)cc1. The molecule has 0 atom stereocenters. The van der Waals surface area contributed by atoms with Gasteiger partial charge in [0.1, 0.15) is 16.4 Å². The van der Waals surface area contributed by atoms with E-state index in [-0.39, 0.29) is 11.5 Å². The quantitative estimate of drug-likeness (QED) is 0.680. The van der Waals surface area contributed by atoms with E-state index in [1.807, 2.05) is 25.9 Å². The van der Waals surface area contributed by atoms with Crippen LogP contribution in [0.1, 0.15) is 28.0 Å². The molecule has 0 fully saturated rings. The summed E-state index contributed by atoms with van der Waals surface area (Å²) in [6, 6.07) is 7.17. The van der Waals surface area contributed by atoms with Crippen LogP contribution in [0.5, 0.6) is 5.75 Å². The maximum Gasteiger partial charge on any atom is 0.266 e. The van der Waals surface area contributed by atoms with Gasteiger partial charge in [0.05, 0.1) is 23.4 Å². The Morgan fingerprint density at radius 1 is 1.30 bits per heavy atom. The number of ether oxygens (including phenoxy) is 1. The predicted octanol–water partition coefficient (Wildman–Crippen LogP) is 3.01. The predicted molar refractivity (Wildman–Crippen MR) is 108 cm³/mol. The lowest BCUT2D eigenvalue weighted by Crippen LogP contribution is -2.18. The third-order valence-electron chi connectivity index (χ3n) is 3.94. The highest BCUT2D eigenvalue weighted by atomic mass is 32.1. The molecule has 0 aliphatic carbocycles. The first kappa shape index (κ1) is 19.1. The minimum absolute atomic E-state index is 0.217. The minimum atomic E-state index is -0.256. The van der Waals surface area contributed by atoms with Gasteiger partial charge in [-0.05, 0) is 57.8 Å². The molecule has 2 aromatic heterocycles. The molecule has 0 unspecified atom stereocenters. The fourth-order valence-electron chi connectivity index (χ4n) is 2.77. The molecule has 0 saturated carbocycles. The van der Waals surface area contributed by atoms with Crippen molar-refractivity contribution < 1.29 is 9.53 Å². The molecule has 0 aliphatic rings. The molecule has 0 bridgehead atoms. The van der Waals surface area contributed by atoms with Crippen LogP contribution in [0.2, 0.25) is 0 Å². The number of carbonyl (C=O) groups excluding carboxylic acids is 1. The molecule has 0 aliphatic heterocycles. The molecular formula is C19H22N4O3S. The van der Waals surface area contributed by atoms with Crippen molar-refractivity contribution in [3.63, 3.8) is 0 Å². The molecular weight excluding hydrogens is 364 g/mol. The van der Waals surface area contributed by atoms with Crippen molar-refractivity contribution in [2.24, 2.45) is 0 Å². The average Bonchev–Trinajstić information content (AvgIpc) is 2.93. The van der Waals surface area contributed by atoms with Gasteiger partial charge in [0.15, 0.2) is 0 Å². The second-order valence-electron chi connectivity index (χ2n) is 6.40. The lowest BCUT2D eigenvalue weighted by atomic mass is 10.2. The standard InChI is InChI=1S/C19H22N4O3S/c1-5-26-13-8-6-12(7-9-13)20-18(25)16-11(2)15-17(24)21-14(10-23(3)4)22-19(15)27-16/h6-9H,5,10H2,1-4H3,(H,20,25)(H,21,22,24). The summed E-state index contributed by atoms with van der Waals surface area (Å²) >= 11 is 1.23. The monoisotopic (exact) mass is 386 g/mol. The Bertz CT molecular complexity index is 1020. The van der Waals surface area contributed by atoms with Gasteiger partial charge < -0.3 is 19.9 Å². The molecule has 142 valence electrons. The van der Waals surface area contributed by atoms with Crippen molar-refractivity contribution in [3.05, 3.63) is 50.9 Å². The lowest BCUT2D eigenvalue weighted by molar-refractivity contribution is 0.103. The fraction of sp³-hybridized carbons (Fsp3) is 0.316. The first-order chi connectivity index (χ1) is 12.9. The van der Waals surface area contributed by atoms with E-state index in [0.717, 1.165) is 5.75 Å². The van der Waals surface area contributed by atoms with E-state index in [4.69, 9.17) is 4.74 Å². The minimum Gasteiger partial charge on any atom is -0.494 e. The summed E-state index contributed by atoms with van der Waals surface area (Å²) in [6.07, 6.45) is 0. The number of nitrogens with zero attached hydrogens (tertiary/aromatic N) is 2. The molecule has 1 amide bonds. The number of anilines is 1. The molecule has 3 aromatic rings. The maximum atomic E-state index is 12.7. The largest absolute Gasteiger partial charge is 0.494 e. The van der Waals surface area contributed by atoms with Crippen LogP contribution in [0.4, 0.5) is 5.69 Å². The van der Waals surface area contributed by atoms with Crippen molar-refractivity contribution >= 4 is 33.1 Å². The molecule has 7 nitrogen and oxygen atoms in total. The number of thiophene rings is 1. The van der Waals surface area contributed by atoms with Crippen molar-refractivity contribution in [3.8, 4) is 5.75 Å². The molecule has 0 radical (unpaired) electrons. The molecule has 27 heavy (non-hydrogen) atoms. The first-order valence-electron chi connectivity index (χ1n) is 8.60. The Labute approximate surface area is 161 Å². The lowest BCUT2D eigenvalue weighted by Gasteiger charge is -2.07. The summed E-state index contributed by atoms with van der Waals surface area (Å²) in [5, 5.41) is 3.33. The Balaban J connectivity index is 1.89. The van der Waals surface area contributed by atoms with E-state index in [2.05, 4.69) is 15.3 Å². The number of rotatable bonds is 6. The summed E-state index contributed by atoms with van der Waals surface area (Å²) in [4.78, 5) is 35.4. The number of aromatic amines is 1. The van der Waals surface area contributed by atoms with Crippen LogP contribution >= 0.6 is 11.3 Å². The number of aryl methyl sites for hydroxylation is 1. The van der Waals surface area contributed by atoms with Crippen LogP contribution in [-0.2, 0) is 6.54 Å². The van der Waals surface area contributed by atoms with Gasteiger partial charge in [0.25, 0.3) is 11.5 Å². The third-order valence-corrected chi connectivity index (χ3v) is 5.13. The number of hydrogen-bond donors (Lipinski definition) is 2. The number of carbonyl (C=O) groups is 1. The number of hydrogen-bond acceptors (Lipinski definition) is 6. The van der Waals surface area contributed by atoms with E-state index in [1.165, 1.54) is 11.3 Å². The Hall–Kier alpha value is -2.71. The fourth-order valence-corrected chi connectivity index (χ4v) is 3.86. The van der Waals surface area contributed by atoms with Crippen molar-refractivity contribution in [1.29, 1.82) is 0 Å². The first-order valence-corrected chi connectivity index (χ1v) is 9.42. The summed E-state index contributed by atoms with van der Waals surface area (Å²) in [7, 11) is 3.80. The smallest absolute Gasteiger partial charge is 0.266 e. The zero-order valence-electron chi connectivity index (χ0n) is 15.8.